The molecule has 0 bridgehead atoms. The Morgan fingerprint density at radius 1 is 1.53 bits per heavy atom. The van der Waals surface area contributed by atoms with Crippen molar-refractivity contribution >= 4 is 11.8 Å². The molecule has 0 saturated carbocycles. The maximum Gasteiger partial charge on any atom is 0.322 e. The molecule has 2 rings (SSSR count). The Kier molecular flexibility index (Phi) is 4.42. The molecule has 106 valence electrons. The molecule has 6 nitrogen and oxygen atoms in total. The van der Waals surface area contributed by atoms with Crippen molar-refractivity contribution in [1.82, 2.24) is 14.7 Å². The number of hydrogen-bond donors (Lipinski definition) is 2. The van der Waals surface area contributed by atoms with Gasteiger partial charge in [-0.05, 0) is 25.2 Å². The minimum atomic E-state index is -0.0814. The van der Waals surface area contributed by atoms with Gasteiger partial charge in [0, 0.05) is 32.8 Å². The molecule has 2 amide bonds. The van der Waals surface area contributed by atoms with E-state index in [9.17, 15) is 4.79 Å². The van der Waals surface area contributed by atoms with Gasteiger partial charge in [0.2, 0.25) is 0 Å². The van der Waals surface area contributed by atoms with E-state index in [1.165, 1.54) is 0 Å². The minimum Gasteiger partial charge on any atom is -0.396 e. The Morgan fingerprint density at radius 2 is 2.21 bits per heavy atom. The molecule has 0 aliphatic carbocycles. The summed E-state index contributed by atoms with van der Waals surface area (Å²) in [5.74, 6) is 1.07. The average molecular weight is 266 g/mol. The van der Waals surface area contributed by atoms with Gasteiger partial charge in [-0.2, -0.15) is 5.10 Å². The van der Waals surface area contributed by atoms with Crippen molar-refractivity contribution in [2.45, 2.75) is 26.2 Å². The predicted molar refractivity (Wildman–Crippen MR) is 73.0 cm³/mol. The molecule has 1 aliphatic heterocycles. The Balaban J connectivity index is 1.92. The van der Waals surface area contributed by atoms with E-state index in [0.29, 0.717) is 19.0 Å². The van der Waals surface area contributed by atoms with Crippen LogP contribution in [0.5, 0.6) is 0 Å². The van der Waals surface area contributed by atoms with Crippen molar-refractivity contribution in [3.63, 3.8) is 0 Å². The quantitative estimate of drug-likeness (QED) is 0.864. The lowest BCUT2D eigenvalue weighted by Gasteiger charge is -2.31. The zero-order valence-electron chi connectivity index (χ0n) is 11.6. The van der Waals surface area contributed by atoms with Gasteiger partial charge in [-0.15, -0.1) is 0 Å². The maximum absolute atomic E-state index is 12.1. The normalized spacial score (nSPS) is 16.7. The van der Waals surface area contributed by atoms with Crippen molar-refractivity contribution in [1.29, 1.82) is 0 Å². The van der Waals surface area contributed by atoms with Gasteiger partial charge >= 0.3 is 6.03 Å². The van der Waals surface area contributed by atoms with E-state index in [2.05, 4.69) is 10.4 Å². The van der Waals surface area contributed by atoms with Crippen LogP contribution in [-0.2, 0) is 13.5 Å². The number of carbonyl (C=O) groups excluding carboxylic acids is 1. The lowest BCUT2D eigenvalue weighted by atomic mass is 9.98. The number of aryl methyl sites for hydroxylation is 2. The summed E-state index contributed by atoms with van der Waals surface area (Å²) in [6, 6.07) is 1.82. The van der Waals surface area contributed by atoms with Gasteiger partial charge in [0.15, 0.2) is 0 Å². The largest absolute Gasteiger partial charge is 0.396 e. The van der Waals surface area contributed by atoms with Crippen LogP contribution in [0.3, 0.4) is 0 Å². The third-order valence-electron chi connectivity index (χ3n) is 3.69. The summed E-state index contributed by atoms with van der Waals surface area (Å²) in [5.41, 5.74) is 0.969. The highest BCUT2D eigenvalue weighted by molar-refractivity contribution is 5.88. The SMILES string of the molecule is CCc1cc(NC(=O)N2CCC(CO)CC2)n(C)n1. The van der Waals surface area contributed by atoms with Gasteiger partial charge in [0.25, 0.3) is 0 Å². The predicted octanol–water partition coefficient (Wildman–Crippen LogP) is 1.22. The number of rotatable bonds is 3. The van der Waals surface area contributed by atoms with Gasteiger partial charge in [-0.1, -0.05) is 6.92 Å². The molecular weight excluding hydrogens is 244 g/mol. The molecule has 1 saturated heterocycles. The van der Waals surface area contributed by atoms with Crippen LogP contribution < -0.4 is 5.32 Å². The van der Waals surface area contributed by atoms with Gasteiger partial charge < -0.3 is 10.0 Å². The molecule has 0 spiro atoms. The van der Waals surface area contributed by atoms with Gasteiger partial charge in [-0.25, -0.2) is 4.79 Å². The van der Waals surface area contributed by atoms with Gasteiger partial charge in [0.05, 0.1) is 5.69 Å². The highest BCUT2D eigenvalue weighted by atomic mass is 16.3. The molecule has 0 unspecified atom stereocenters. The van der Waals surface area contributed by atoms with E-state index < -0.39 is 0 Å². The number of anilines is 1. The number of amides is 2. The van der Waals surface area contributed by atoms with Crippen LogP contribution in [0.4, 0.5) is 10.6 Å². The van der Waals surface area contributed by atoms with Crippen LogP contribution in [0.25, 0.3) is 0 Å². The van der Waals surface area contributed by atoms with E-state index in [0.717, 1.165) is 30.8 Å². The second-order valence-electron chi connectivity index (χ2n) is 5.04. The summed E-state index contributed by atoms with van der Waals surface area (Å²) in [7, 11) is 1.83. The second-order valence-corrected chi connectivity index (χ2v) is 5.04. The molecule has 1 fully saturated rings. The van der Waals surface area contributed by atoms with Crippen LogP contribution >= 0.6 is 0 Å². The molecule has 2 heterocycles. The molecule has 1 aromatic rings. The molecule has 0 radical (unpaired) electrons. The minimum absolute atomic E-state index is 0.0814. The van der Waals surface area contributed by atoms with Crippen LogP contribution in [0.15, 0.2) is 6.07 Å². The third kappa shape index (κ3) is 3.26. The smallest absolute Gasteiger partial charge is 0.322 e. The van der Waals surface area contributed by atoms with Crippen molar-refractivity contribution in [2.75, 3.05) is 25.0 Å². The average Bonchev–Trinajstić information content (AvgIpc) is 2.79. The van der Waals surface area contributed by atoms with E-state index in [4.69, 9.17) is 5.11 Å². The molecule has 1 aromatic heterocycles. The number of piperidine rings is 1. The highest BCUT2D eigenvalue weighted by Crippen LogP contribution is 2.18. The van der Waals surface area contributed by atoms with E-state index in [-0.39, 0.29) is 12.6 Å². The zero-order chi connectivity index (χ0) is 13.8. The molecule has 2 N–H and O–H groups in total. The van der Waals surface area contributed by atoms with E-state index in [1.54, 1.807) is 9.58 Å². The number of hydrogen-bond acceptors (Lipinski definition) is 3. The number of urea groups is 1. The summed E-state index contributed by atoms with van der Waals surface area (Å²) in [5, 5.41) is 16.3. The fraction of sp³-hybridized carbons (Fsp3) is 0.692. The van der Waals surface area contributed by atoms with Crippen LogP contribution in [0.1, 0.15) is 25.5 Å². The fourth-order valence-electron chi connectivity index (χ4n) is 2.32. The summed E-state index contributed by atoms with van der Waals surface area (Å²) in [6.45, 7) is 3.66. The van der Waals surface area contributed by atoms with E-state index in [1.807, 2.05) is 20.0 Å². The zero-order valence-corrected chi connectivity index (χ0v) is 11.6. The Hall–Kier alpha value is -1.56. The maximum atomic E-state index is 12.1. The number of aliphatic hydroxyl groups is 1. The number of aliphatic hydroxyl groups excluding tert-OH is 1. The van der Waals surface area contributed by atoms with Gasteiger partial charge in [0.1, 0.15) is 5.82 Å². The number of aromatic nitrogens is 2. The Bertz CT molecular complexity index is 436. The standard InChI is InChI=1S/C13H22N4O2/c1-3-11-8-12(16(2)15-11)14-13(19)17-6-4-10(9-18)5-7-17/h8,10,18H,3-7,9H2,1-2H3,(H,14,19). The van der Waals surface area contributed by atoms with Crippen LogP contribution in [0.2, 0.25) is 0 Å². The number of likely N-dealkylation sites (tertiary alicyclic amines) is 1. The topological polar surface area (TPSA) is 70.4 Å². The molecule has 0 atom stereocenters. The molecule has 19 heavy (non-hydrogen) atoms. The summed E-state index contributed by atoms with van der Waals surface area (Å²) < 4.78 is 1.69. The lowest BCUT2D eigenvalue weighted by Crippen LogP contribution is -2.41. The van der Waals surface area contributed by atoms with Crippen molar-refractivity contribution in [2.24, 2.45) is 13.0 Å². The number of nitrogens with zero attached hydrogens (tertiary/aromatic N) is 3. The monoisotopic (exact) mass is 266 g/mol. The molecule has 6 heteroatoms. The van der Waals surface area contributed by atoms with Gasteiger partial charge in [-0.3, -0.25) is 10.00 Å². The Labute approximate surface area is 113 Å². The lowest BCUT2D eigenvalue weighted by molar-refractivity contribution is 0.143. The molecule has 1 aliphatic rings. The summed E-state index contributed by atoms with van der Waals surface area (Å²) >= 11 is 0. The first-order valence-corrected chi connectivity index (χ1v) is 6.83. The fourth-order valence-corrected chi connectivity index (χ4v) is 2.32. The van der Waals surface area contributed by atoms with E-state index >= 15 is 0 Å². The first kappa shape index (κ1) is 13.9. The first-order valence-electron chi connectivity index (χ1n) is 6.83. The van der Waals surface area contributed by atoms with Crippen molar-refractivity contribution in [3.8, 4) is 0 Å². The first-order chi connectivity index (χ1) is 9.13. The molecule has 0 aromatic carbocycles. The second kappa shape index (κ2) is 6.06. The van der Waals surface area contributed by atoms with Crippen LogP contribution in [0, 0.1) is 5.92 Å². The summed E-state index contributed by atoms with van der Waals surface area (Å²) in [6.07, 6.45) is 2.59. The third-order valence-corrected chi connectivity index (χ3v) is 3.69. The summed E-state index contributed by atoms with van der Waals surface area (Å²) in [4.78, 5) is 13.9. The molecular formula is C13H22N4O2. The number of carbonyl (C=O) groups is 1. The number of nitrogens with one attached hydrogen (secondary N) is 1. The highest BCUT2D eigenvalue weighted by Gasteiger charge is 2.22. The van der Waals surface area contributed by atoms with Crippen molar-refractivity contribution < 1.29 is 9.90 Å². The Morgan fingerprint density at radius 3 is 2.74 bits per heavy atom. The van der Waals surface area contributed by atoms with Crippen molar-refractivity contribution in [3.05, 3.63) is 11.8 Å². The van der Waals surface area contributed by atoms with Crippen LogP contribution in [-0.4, -0.2) is 45.5 Å².